The number of aromatic nitrogens is 3. The molecule has 5 rings (SSSR count). The van der Waals surface area contributed by atoms with Crippen molar-refractivity contribution < 1.29 is 0 Å². The van der Waals surface area contributed by atoms with Gasteiger partial charge in [-0.3, -0.25) is 9.55 Å². The third-order valence-corrected chi connectivity index (χ3v) is 7.53. The maximum atomic E-state index is 12.8. The van der Waals surface area contributed by atoms with Gasteiger partial charge in [-0.25, -0.2) is 4.79 Å². The zero-order valence-electron chi connectivity index (χ0n) is 14.0. The highest BCUT2D eigenvalue weighted by Crippen LogP contribution is 2.69. The molecule has 120 valence electrons. The minimum atomic E-state index is 0.0325. The van der Waals surface area contributed by atoms with Crippen molar-refractivity contribution in [3.8, 4) is 0 Å². The zero-order chi connectivity index (χ0) is 16.0. The summed E-state index contributed by atoms with van der Waals surface area (Å²) in [5.41, 5.74) is 4.71. The van der Waals surface area contributed by atoms with Gasteiger partial charge in [0.05, 0.1) is 22.9 Å². The molecule has 2 aromatic rings. The summed E-state index contributed by atoms with van der Waals surface area (Å²) in [7, 11) is 0. The number of rotatable bonds is 1. The van der Waals surface area contributed by atoms with Crippen LogP contribution >= 0.6 is 0 Å². The zero-order valence-corrected chi connectivity index (χ0v) is 14.0. The maximum absolute atomic E-state index is 12.8. The molecular formula is C19H23N3O. The van der Waals surface area contributed by atoms with Crippen molar-refractivity contribution in [1.29, 1.82) is 0 Å². The van der Waals surface area contributed by atoms with Crippen molar-refractivity contribution in [2.24, 2.45) is 16.7 Å². The molecule has 0 radical (unpaired) electrons. The van der Waals surface area contributed by atoms with Gasteiger partial charge in [-0.05, 0) is 36.0 Å². The summed E-state index contributed by atoms with van der Waals surface area (Å²) >= 11 is 0. The lowest BCUT2D eigenvalue weighted by molar-refractivity contribution is 0.108. The van der Waals surface area contributed by atoms with Crippen molar-refractivity contribution in [3.63, 3.8) is 0 Å². The molecule has 2 saturated carbocycles. The van der Waals surface area contributed by atoms with E-state index in [0.29, 0.717) is 5.41 Å². The topological polar surface area (TPSA) is 50.7 Å². The van der Waals surface area contributed by atoms with E-state index >= 15 is 0 Å². The number of imidazole rings is 1. The molecule has 2 aromatic heterocycles. The Morgan fingerprint density at radius 1 is 1.35 bits per heavy atom. The Labute approximate surface area is 135 Å². The number of hydrogen-bond acceptors (Lipinski definition) is 2. The number of H-pyrrole nitrogens is 1. The largest absolute Gasteiger partial charge is 0.326 e. The Hall–Kier alpha value is -1.84. The number of nitrogens with zero attached hydrogens (tertiary/aromatic N) is 2. The Balaban J connectivity index is 1.80. The summed E-state index contributed by atoms with van der Waals surface area (Å²) in [4.78, 5) is 20.4. The molecule has 4 heteroatoms. The molecule has 0 saturated heterocycles. The van der Waals surface area contributed by atoms with Gasteiger partial charge in [0.25, 0.3) is 0 Å². The van der Waals surface area contributed by atoms with Crippen LogP contribution in [0.15, 0.2) is 17.1 Å². The predicted octanol–water partition coefficient (Wildman–Crippen LogP) is 3.68. The van der Waals surface area contributed by atoms with Gasteiger partial charge in [0, 0.05) is 18.0 Å². The van der Waals surface area contributed by atoms with E-state index < -0.39 is 0 Å². The minimum Gasteiger partial charge on any atom is -0.304 e. The summed E-state index contributed by atoms with van der Waals surface area (Å²) in [6.07, 6.45) is 10.6. The SMILES string of the molecule is CC1(C)[C@@H]2CC[C@@]1(C)[C@@H](n1c(=O)[nH]c3cnc4c(c31)C=CC4)C2. The van der Waals surface area contributed by atoms with Gasteiger partial charge in [-0.15, -0.1) is 0 Å². The van der Waals surface area contributed by atoms with Crippen LogP contribution in [0.4, 0.5) is 0 Å². The monoisotopic (exact) mass is 309 g/mol. The van der Waals surface area contributed by atoms with Gasteiger partial charge in [-0.2, -0.15) is 0 Å². The van der Waals surface area contributed by atoms with Gasteiger partial charge in [0.2, 0.25) is 0 Å². The minimum absolute atomic E-state index is 0.0325. The van der Waals surface area contributed by atoms with Crippen molar-refractivity contribution >= 4 is 17.1 Å². The van der Waals surface area contributed by atoms with E-state index in [-0.39, 0.29) is 17.1 Å². The fourth-order valence-corrected chi connectivity index (χ4v) is 5.66. The van der Waals surface area contributed by atoms with Crippen molar-refractivity contribution in [2.75, 3.05) is 0 Å². The number of aromatic amines is 1. The van der Waals surface area contributed by atoms with Crippen LogP contribution in [0.5, 0.6) is 0 Å². The molecule has 0 amide bonds. The summed E-state index contributed by atoms with van der Waals surface area (Å²) in [6.45, 7) is 7.19. The van der Waals surface area contributed by atoms with Gasteiger partial charge >= 0.3 is 5.69 Å². The van der Waals surface area contributed by atoms with Crippen molar-refractivity contribution in [1.82, 2.24) is 14.5 Å². The third kappa shape index (κ3) is 1.43. The molecule has 3 aliphatic carbocycles. The Kier molecular flexibility index (Phi) is 2.35. The highest BCUT2D eigenvalue weighted by molar-refractivity contribution is 5.87. The second-order valence-electron chi connectivity index (χ2n) is 8.41. The summed E-state index contributed by atoms with van der Waals surface area (Å²) in [6, 6.07) is 0.290. The highest BCUT2D eigenvalue weighted by atomic mass is 16.1. The maximum Gasteiger partial charge on any atom is 0.326 e. The van der Waals surface area contributed by atoms with Crippen LogP contribution in [0, 0.1) is 16.7 Å². The van der Waals surface area contributed by atoms with Crippen LogP contribution in [-0.4, -0.2) is 14.5 Å². The molecule has 3 aliphatic rings. The molecule has 2 heterocycles. The predicted molar refractivity (Wildman–Crippen MR) is 91.4 cm³/mol. The summed E-state index contributed by atoms with van der Waals surface area (Å²) < 4.78 is 2.08. The first kappa shape index (κ1) is 13.6. The number of fused-ring (bicyclic) bond motifs is 5. The van der Waals surface area contributed by atoms with E-state index in [1.165, 1.54) is 12.8 Å². The van der Waals surface area contributed by atoms with E-state index in [9.17, 15) is 4.79 Å². The van der Waals surface area contributed by atoms with E-state index in [0.717, 1.165) is 41.1 Å². The Bertz CT molecular complexity index is 917. The second-order valence-corrected chi connectivity index (χ2v) is 8.41. The lowest BCUT2D eigenvalue weighted by Crippen LogP contribution is -2.37. The molecule has 0 unspecified atom stereocenters. The van der Waals surface area contributed by atoms with Crippen LogP contribution in [-0.2, 0) is 6.42 Å². The van der Waals surface area contributed by atoms with E-state index in [1.807, 2.05) is 6.20 Å². The molecule has 2 bridgehead atoms. The van der Waals surface area contributed by atoms with E-state index in [1.54, 1.807) is 0 Å². The summed E-state index contributed by atoms with van der Waals surface area (Å²) in [5.74, 6) is 0.722. The molecule has 0 aromatic carbocycles. The fraction of sp³-hybridized carbons (Fsp3) is 0.579. The first-order chi connectivity index (χ1) is 10.9. The number of pyridine rings is 1. The molecule has 0 spiro atoms. The van der Waals surface area contributed by atoms with Crippen molar-refractivity contribution in [2.45, 2.75) is 52.5 Å². The first-order valence-corrected chi connectivity index (χ1v) is 8.72. The molecular weight excluding hydrogens is 286 g/mol. The van der Waals surface area contributed by atoms with Gasteiger partial charge in [0.15, 0.2) is 0 Å². The van der Waals surface area contributed by atoms with Gasteiger partial charge in [0.1, 0.15) is 0 Å². The van der Waals surface area contributed by atoms with Crippen molar-refractivity contribution in [3.05, 3.63) is 34.0 Å². The molecule has 2 fully saturated rings. The molecule has 0 aliphatic heterocycles. The average molecular weight is 309 g/mol. The lowest BCUT2D eigenvalue weighted by atomic mass is 9.69. The van der Waals surface area contributed by atoms with Crippen LogP contribution in [0.1, 0.15) is 57.3 Å². The summed E-state index contributed by atoms with van der Waals surface area (Å²) in [5, 5.41) is 0. The van der Waals surface area contributed by atoms with Gasteiger partial charge in [-0.1, -0.05) is 32.9 Å². The van der Waals surface area contributed by atoms with E-state index in [4.69, 9.17) is 0 Å². The highest BCUT2D eigenvalue weighted by Gasteiger charge is 2.62. The molecule has 23 heavy (non-hydrogen) atoms. The fourth-order valence-electron chi connectivity index (χ4n) is 5.66. The quantitative estimate of drug-likeness (QED) is 0.873. The molecule has 1 N–H and O–H groups in total. The number of hydrogen-bond donors (Lipinski definition) is 1. The smallest absolute Gasteiger partial charge is 0.304 e. The molecule has 3 atom stereocenters. The third-order valence-electron chi connectivity index (χ3n) is 7.53. The van der Waals surface area contributed by atoms with Crippen LogP contribution in [0.25, 0.3) is 17.1 Å². The lowest BCUT2D eigenvalue weighted by Gasteiger charge is -2.39. The molecule has 4 nitrogen and oxygen atoms in total. The average Bonchev–Trinajstić information content (AvgIpc) is 3.18. The standard InChI is InChI=1S/C19H23N3O/c1-18(2)11-7-8-19(18,3)15(9-11)22-16-12-5-4-6-13(12)20-10-14(16)21-17(22)23/h4-5,10-11,15H,6-9H2,1-3H3,(H,21,23)/t11-,15+,19+/m1/s1. The van der Waals surface area contributed by atoms with Crippen LogP contribution < -0.4 is 5.69 Å². The Morgan fingerprint density at radius 2 is 2.17 bits per heavy atom. The van der Waals surface area contributed by atoms with Crippen LogP contribution in [0.2, 0.25) is 0 Å². The van der Waals surface area contributed by atoms with Crippen LogP contribution in [0.3, 0.4) is 0 Å². The first-order valence-electron chi connectivity index (χ1n) is 8.72. The van der Waals surface area contributed by atoms with Gasteiger partial charge < -0.3 is 4.98 Å². The number of allylic oxidation sites excluding steroid dienone is 1. The normalized spacial score (nSPS) is 33.7. The second kappa shape index (κ2) is 3.97. The van der Waals surface area contributed by atoms with E-state index in [2.05, 4.69) is 47.5 Å². The Morgan fingerprint density at radius 3 is 2.87 bits per heavy atom. The number of nitrogens with one attached hydrogen (secondary N) is 1.